The molecule has 1 heterocycles. The van der Waals surface area contributed by atoms with Crippen molar-refractivity contribution in [2.45, 2.75) is 44.5 Å². The van der Waals surface area contributed by atoms with E-state index in [1.54, 1.807) is 12.1 Å². The van der Waals surface area contributed by atoms with Crippen LogP contribution in [0.3, 0.4) is 0 Å². The van der Waals surface area contributed by atoms with Crippen molar-refractivity contribution < 1.29 is 14.3 Å². The molecule has 2 atom stereocenters. The molecule has 116 valence electrons. The molecular weight excluding hydrogens is 278 g/mol. The summed E-state index contributed by atoms with van der Waals surface area (Å²) in [4.78, 5) is 0. The summed E-state index contributed by atoms with van der Waals surface area (Å²) in [7, 11) is 0. The van der Waals surface area contributed by atoms with Crippen molar-refractivity contribution in [3.63, 3.8) is 0 Å². The van der Waals surface area contributed by atoms with Crippen LogP contribution in [0, 0.1) is 11.3 Å². The van der Waals surface area contributed by atoms with Crippen LogP contribution < -0.4 is 0 Å². The fourth-order valence-electron chi connectivity index (χ4n) is 2.43. The third-order valence-electron chi connectivity index (χ3n) is 3.24. The lowest BCUT2D eigenvalue weighted by Crippen LogP contribution is -2.45. The molecule has 0 spiro atoms. The van der Waals surface area contributed by atoms with Crippen LogP contribution in [0.1, 0.15) is 38.2 Å². The second kappa shape index (κ2) is 6.35. The highest BCUT2D eigenvalue weighted by Crippen LogP contribution is 2.36. The number of furan rings is 1. The quantitative estimate of drug-likeness (QED) is 0.915. The number of hydrogen-bond acceptors (Lipinski definition) is 4. The highest BCUT2D eigenvalue weighted by Gasteiger charge is 2.45. The Kier molecular flexibility index (Phi) is 4.70. The summed E-state index contributed by atoms with van der Waals surface area (Å²) < 4.78 is 11.3. The van der Waals surface area contributed by atoms with E-state index >= 15 is 0 Å². The fourth-order valence-corrected chi connectivity index (χ4v) is 2.43. The van der Waals surface area contributed by atoms with Crippen LogP contribution in [0.15, 0.2) is 53.1 Å². The van der Waals surface area contributed by atoms with E-state index in [1.807, 2.05) is 51.1 Å². The number of hydrogen-bond donors (Lipinski definition) is 1. The average molecular weight is 299 g/mol. The summed E-state index contributed by atoms with van der Waals surface area (Å²) in [5, 5.41) is 20.5. The number of aliphatic hydroxyl groups excluding tert-OH is 1. The highest BCUT2D eigenvalue weighted by atomic mass is 16.5. The molecule has 1 aromatic carbocycles. The maximum atomic E-state index is 10.7. The summed E-state index contributed by atoms with van der Waals surface area (Å²) in [5.41, 5.74) is -1.09. The van der Waals surface area contributed by atoms with Crippen LogP contribution >= 0.6 is 0 Å². The summed E-state index contributed by atoms with van der Waals surface area (Å²) in [6, 6.07) is 15.0. The fraction of sp³-hybridized carbons (Fsp3) is 0.389. The van der Waals surface area contributed by atoms with E-state index in [0.717, 1.165) is 5.56 Å². The SMILES string of the molecule is CC(C)(C)O[C@@](C#N)(Cc1ccccc1)[C@@H](O)c1ccco1. The number of nitriles is 1. The van der Waals surface area contributed by atoms with Gasteiger partial charge in [0, 0.05) is 6.42 Å². The van der Waals surface area contributed by atoms with Crippen molar-refractivity contribution in [3.8, 4) is 6.07 Å². The molecular formula is C18H21NO3. The van der Waals surface area contributed by atoms with Crippen LogP contribution in [0.5, 0.6) is 0 Å². The van der Waals surface area contributed by atoms with Crippen molar-refractivity contribution in [3.05, 3.63) is 60.1 Å². The standard InChI is InChI=1S/C18H21NO3/c1-17(2,3)22-18(13-19,12-14-8-5-4-6-9-14)16(20)15-10-7-11-21-15/h4-11,16,20H,12H2,1-3H3/t16-,18+/m0/s1. The van der Waals surface area contributed by atoms with E-state index in [9.17, 15) is 10.4 Å². The van der Waals surface area contributed by atoms with Gasteiger partial charge in [-0.3, -0.25) is 0 Å². The van der Waals surface area contributed by atoms with Crippen molar-refractivity contribution >= 4 is 0 Å². The average Bonchev–Trinajstić information content (AvgIpc) is 2.99. The number of benzene rings is 1. The van der Waals surface area contributed by atoms with E-state index in [-0.39, 0.29) is 6.42 Å². The summed E-state index contributed by atoms with van der Waals surface area (Å²) in [6.07, 6.45) is 0.566. The third-order valence-corrected chi connectivity index (χ3v) is 3.24. The molecule has 22 heavy (non-hydrogen) atoms. The lowest BCUT2D eigenvalue weighted by atomic mass is 9.87. The zero-order valence-electron chi connectivity index (χ0n) is 13.1. The predicted octanol–water partition coefficient (Wildman–Crippen LogP) is 3.63. The Hall–Kier alpha value is -2.09. The number of nitrogens with zero attached hydrogens (tertiary/aromatic N) is 1. The Morgan fingerprint density at radius 2 is 1.86 bits per heavy atom. The minimum atomic E-state index is -1.42. The molecule has 4 nitrogen and oxygen atoms in total. The van der Waals surface area contributed by atoms with Crippen LogP contribution in [0.4, 0.5) is 0 Å². The molecule has 0 amide bonds. The largest absolute Gasteiger partial charge is 0.466 e. The smallest absolute Gasteiger partial charge is 0.191 e. The van der Waals surface area contributed by atoms with Crippen LogP contribution in [-0.2, 0) is 11.2 Å². The van der Waals surface area contributed by atoms with Gasteiger partial charge in [0.15, 0.2) is 11.7 Å². The third kappa shape index (κ3) is 3.76. The first-order valence-electron chi connectivity index (χ1n) is 7.23. The van der Waals surface area contributed by atoms with Crippen molar-refractivity contribution in [1.82, 2.24) is 0 Å². The predicted molar refractivity (Wildman–Crippen MR) is 83.0 cm³/mol. The minimum Gasteiger partial charge on any atom is -0.466 e. The van der Waals surface area contributed by atoms with Gasteiger partial charge in [-0.2, -0.15) is 5.26 Å². The molecule has 0 aliphatic rings. The van der Waals surface area contributed by atoms with Crippen LogP contribution in [-0.4, -0.2) is 16.3 Å². The van der Waals surface area contributed by atoms with E-state index in [0.29, 0.717) is 5.76 Å². The Morgan fingerprint density at radius 1 is 1.18 bits per heavy atom. The second-order valence-corrected chi connectivity index (χ2v) is 6.30. The minimum absolute atomic E-state index is 0.267. The van der Waals surface area contributed by atoms with Gasteiger partial charge in [0.25, 0.3) is 0 Å². The molecule has 0 radical (unpaired) electrons. The molecule has 0 aliphatic carbocycles. The Balaban J connectivity index is 2.40. The van der Waals surface area contributed by atoms with Gasteiger partial charge in [-0.15, -0.1) is 0 Å². The molecule has 0 saturated heterocycles. The molecule has 2 rings (SSSR count). The molecule has 4 heteroatoms. The molecule has 0 bridgehead atoms. The van der Waals surface area contributed by atoms with Crippen LogP contribution in [0.25, 0.3) is 0 Å². The molecule has 0 unspecified atom stereocenters. The summed E-state index contributed by atoms with van der Waals surface area (Å²) >= 11 is 0. The zero-order valence-corrected chi connectivity index (χ0v) is 13.1. The number of rotatable bonds is 5. The van der Waals surface area contributed by atoms with Gasteiger partial charge in [0.1, 0.15) is 11.8 Å². The maximum Gasteiger partial charge on any atom is 0.191 e. The highest BCUT2D eigenvalue weighted by molar-refractivity contribution is 5.25. The normalized spacial score (nSPS) is 15.8. The van der Waals surface area contributed by atoms with Gasteiger partial charge in [0.2, 0.25) is 0 Å². The van der Waals surface area contributed by atoms with E-state index in [4.69, 9.17) is 9.15 Å². The van der Waals surface area contributed by atoms with Crippen molar-refractivity contribution in [2.24, 2.45) is 0 Å². The van der Waals surface area contributed by atoms with Crippen LogP contribution in [0.2, 0.25) is 0 Å². The topological polar surface area (TPSA) is 66.4 Å². The lowest BCUT2D eigenvalue weighted by Gasteiger charge is -2.37. The molecule has 0 aliphatic heterocycles. The first kappa shape index (κ1) is 16.3. The van der Waals surface area contributed by atoms with Gasteiger partial charge < -0.3 is 14.3 Å². The number of aliphatic hydroxyl groups is 1. The second-order valence-electron chi connectivity index (χ2n) is 6.30. The van der Waals surface area contributed by atoms with E-state index in [1.165, 1.54) is 6.26 Å². The molecule has 0 fully saturated rings. The van der Waals surface area contributed by atoms with Gasteiger partial charge in [0.05, 0.1) is 11.9 Å². The zero-order chi connectivity index (χ0) is 16.2. The molecule has 2 aromatic rings. The van der Waals surface area contributed by atoms with Crippen molar-refractivity contribution in [1.29, 1.82) is 5.26 Å². The molecule has 1 aromatic heterocycles. The summed E-state index contributed by atoms with van der Waals surface area (Å²) in [6.45, 7) is 5.58. The van der Waals surface area contributed by atoms with Gasteiger partial charge in [-0.1, -0.05) is 30.3 Å². The van der Waals surface area contributed by atoms with Gasteiger partial charge in [-0.25, -0.2) is 0 Å². The van der Waals surface area contributed by atoms with Gasteiger partial charge in [-0.05, 0) is 38.5 Å². The first-order valence-corrected chi connectivity index (χ1v) is 7.23. The number of ether oxygens (including phenoxy) is 1. The first-order chi connectivity index (χ1) is 10.4. The summed E-state index contributed by atoms with van der Waals surface area (Å²) in [5.74, 6) is 0.321. The lowest BCUT2D eigenvalue weighted by molar-refractivity contribution is -0.158. The Labute approximate surface area is 131 Å². The van der Waals surface area contributed by atoms with E-state index < -0.39 is 17.3 Å². The van der Waals surface area contributed by atoms with E-state index in [2.05, 4.69) is 6.07 Å². The Bertz CT molecular complexity index is 623. The van der Waals surface area contributed by atoms with Gasteiger partial charge >= 0.3 is 0 Å². The van der Waals surface area contributed by atoms with Crippen molar-refractivity contribution in [2.75, 3.05) is 0 Å². The Morgan fingerprint density at radius 3 is 2.36 bits per heavy atom. The molecule has 0 saturated carbocycles. The molecule has 1 N–H and O–H groups in total. The monoisotopic (exact) mass is 299 g/mol. The maximum absolute atomic E-state index is 10.7.